The van der Waals surface area contributed by atoms with E-state index in [0.29, 0.717) is 18.3 Å². The van der Waals surface area contributed by atoms with Gasteiger partial charge >= 0.3 is 0 Å². The number of fused-ring (bicyclic) bond motifs is 1. The Morgan fingerprint density at radius 3 is 2.53 bits per heavy atom. The monoisotopic (exact) mass is 514 g/mol. The SMILES string of the molecule is COc1ccc([C@@H]2CCc3cc(O)ccc3C2)c(NCCCc2ccc(OCCNCC3CCC3)cc2)c1. The van der Waals surface area contributed by atoms with Gasteiger partial charge in [-0.05, 0) is 116 Å². The fourth-order valence-corrected chi connectivity index (χ4v) is 5.69. The van der Waals surface area contributed by atoms with Crippen LogP contribution in [-0.4, -0.2) is 38.5 Å². The van der Waals surface area contributed by atoms with E-state index in [-0.39, 0.29) is 0 Å². The number of anilines is 1. The molecule has 0 heterocycles. The number of aryl methyl sites for hydroxylation is 2. The molecule has 0 aromatic heterocycles. The van der Waals surface area contributed by atoms with Gasteiger partial charge in [0, 0.05) is 24.8 Å². The molecule has 0 bridgehead atoms. The highest BCUT2D eigenvalue weighted by Crippen LogP contribution is 2.38. The maximum atomic E-state index is 9.83. The number of ether oxygens (including phenoxy) is 2. The summed E-state index contributed by atoms with van der Waals surface area (Å²) in [6.45, 7) is 3.66. The third kappa shape index (κ3) is 7.02. The number of hydrogen-bond acceptors (Lipinski definition) is 5. The molecule has 0 spiro atoms. The van der Waals surface area contributed by atoms with Gasteiger partial charge in [0.2, 0.25) is 0 Å². The molecule has 0 aliphatic heterocycles. The Morgan fingerprint density at radius 1 is 0.895 bits per heavy atom. The van der Waals surface area contributed by atoms with Crippen LogP contribution in [0.3, 0.4) is 0 Å². The van der Waals surface area contributed by atoms with Crippen LogP contribution in [0.4, 0.5) is 5.69 Å². The van der Waals surface area contributed by atoms with Crippen LogP contribution >= 0.6 is 0 Å². The standard InChI is InChI=1S/C33H42N2O3/c1-37-31-15-16-32(28-10-9-27-21-29(36)12-11-26(27)20-28)33(22-31)35-17-3-6-24-7-13-30(14-8-24)38-19-18-34-23-25-4-2-5-25/h7-8,11-16,21-22,25,28,34-36H,2-6,9-10,17-20,23H2,1H3/t28-/m1/s1. The maximum absolute atomic E-state index is 9.83. The molecule has 1 saturated carbocycles. The lowest BCUT2D eigenvalue weighted by Crippen LogP contribution is -2.30. The molecule has 1 atom stereocenters. The van der Waals surface area contributed by atoms with Crippen molar-refractivity contribution in [1.82, 2.24) is 5.32 Å². The van der Waals surface area contributed by atoms with Gasteiger partial charge in [-0.2, -0.15) is 0 Å². The second-order valence-electron chi connectivity index (χ2n) is 10.9. The summed E-state index contributed by atoms with van der Waals surface area (Å²) in [5.74, 6) is 3.54. The first-order valence-electron chi connectivity index (χ1n) is 14.3. The summed E-state index contributed by atoms with van der Waals surface area (Å²) in [6, 6.07) is 20.8. The van der Waals surface area contributed by atoms with Crippen LogP contribution in [0.1, 0.15) is 60.3 Å². The highest BCUT2D eigenvalue weighted by atomic mass is 16.5. The lowest BCUT2D eigenvalue weighted by molar-refractivity contribution is 0.276. The van der Waals surface area contributed by atoms with Gasteiger partial charge in [0.1, 0.15) is 23.9 Å². The predicted octanol–water partition coefficient (Wildman–Crippen LogP) is 6.49. The molecule has 0 saturated heterocycles. The van der Waals surface area contributed by atoms with Gasteiger partial charge in [0.05, 0.1) is 7.11 Å². The first-order chi connectivity index (χ1) is 18.7. The first-order valence-corrected chi connectivity index (χ1v) is 14.3. The third-order valence-electron chi connectivity index (χ3n) is 8.20. The lowest BCUT2D eigenvalue weighted by atomic mass is 9.79. The molecule has 202 valence electrons. The fraction of sp³-hybridized carbons (Fsp3) is 0.455. The van der Waals surface area contributed by atoms with Crippen LogP contribution in [0.2, 0.25) is 0 Å². The number of rotatable bonds is 13. The Balaban J connectivity index is 1.09. The maximum Gasteiger partial charge on any atom is 0.120 e. The summed E-state index contributed by atoms with van der Waals surface area (Å²) in [7, 11) is 1.72. The van der Waals surface area contributed by atoms with E-state index >= 15 is 0 Å². The Hall–Kier alpha value is -3.18. The zero-order valence-electron chi connectivity index (χ0n) is 22.7. The van der Waals surface area contributed by atoms with Crippen LogP contribution in [0.5, 0.6) is 17.2 Å². The average molecular weight is 515 g/mol. The summed E-state index contributed by atoms with van der Waals surface area (Å²) in [6.07, 6.45) is 9.32. The number of benzene rings is 3. The molecular formula is C33H42N2O3. The van der Waals surface area contributed by atoms with Crippen LogP contribution in [0.15, 0.2) is 60.7 Å². The van der Waals surface area contributed by atoms with Gasteiger partial charge in [-0.3, -0.25) is 0 Å². The minimum absolute atomic E-state index is 0.364. The van der Waals surface area contributed by atoms with Crippen LogP contribution < -0.4 is 20.1 Å². The molecule has 0 radical (unpaired) electrons. The molecule has 5 nitrogen and oxygen atoms in total. The van der Waals surface area contributed by atoms with E-state index in [1.807, 2.05) is 6.07 Å². The molecule has 5 rings (SSSR count). The highest BCUT2D eigenvalue weighted by Gasteiger charge is 2.23. The van der Waals surface area contributed by atoms with Crippen LogP contribution in [0.25, 0.3) is 0 Å². The molecule has 0 unspecified atom stereocenters. The second-order valence-corrected chi connectivity index (χ2v) is 10.9. The van der Waals surface area contributed by atoms with Crippen molar-refractivity contribution in [3.05, 3.63) is 82.9 Å². The van der Waals surface area contributed by atoms with Crippen LogP contribution in [0, 0.1) is 5.92 Å². The van der Waals surface area contributed by atoms with Gasteiger partial charge < -0.3 is 25.2 Å². The average Bonchev–Trinajstić information content (AvgIpc) is 2.92. The summed E-state index contributed by atoms with van der Waals surface area (Å²) in [5, 5.41) is 17.0. The topological polar surface area (TPSA) is 62.8 Å². The second kappa shape index (κ2) is 13.1. The minimum atomic E-state index is 0.364. The first kappa shape index (κ1) is 26.4. The number of phenolic OH excluding ortho intramolecular Hbond substituents is 1. The van der Waals surface area contributed by atoms with Crippen molar-refractivity contribution in [3.63, 3.8) is 0 Å². The number of aromatic hydroxyl groups is 1. The summed E-state index contributed by atoms with van der Waals surface area (Å²) < 4.78 is 11.4. The molecule has 5 heteroatoms. The summed E-state index contributed by atoms with van der Waals surface area (Å²) in [4.78, 5) is 0. The van der Waals surface area contributed by atoms with E-state index in [1.165, 1.54) is 47.2 Å². The van der Waals surface area contributed by atoms with Crippen molar-refractivity contribution in [2.24, 2.45) is 5.92 Å². The zero-order valence-corrected chi connectivity index (χ0v) is 22.7. The van der Waals surface area contributed by atoms with E-state index in [1.54, 1.807) is 13.2 Å². The molecule has 3 aromatic rings. The molecule has 3 N–H and O–H groups in total. The quantitative estimate of drug-likeness (QED) is 0.228. The smallest absolute Gasteiger partial charge is 0.120 e. The van der Waals surface area contributed by atoms with E-state index in [0.717, 1.165) is 69.2 Å². The highest BCUT2D eigenvalue weighted by molar-refractivity contribution is 5.57. The van der Waals surface area contributed by atoms with Gasteiger partial charge in [-0.1, -0.05) is 30.7 Å². The van der Waals surface area contributed by atoms with Crippen LogP contribution in [-0.2, 0) is 19.3 Å². The van der Waals surface area contributed by atoms with Gasteiger partial charge in [-0.25, -0.2) is 0 Å². The van der Waals surface area contributed by atoms with E-state index in [4.69, 9.17) is 9.47 Å². The number of methoxy groups -OCH3 is 1. The summed E-state index contributed by atoms with van der Waals surface area (Å²) in [5.41, 5.74) is 6.49. The Kier molecular flexibility index (Phi) is 9.08. The third-order valence-corrected chi connectivity index (χ3v) is 8.20. The zero-order chi connectivity index (χ0) is 26.2. The molecule has 2 aliphatic rings. The normalized spacial score (nSPS) is 16.9. The van der Waals surface area contributed by atoms with Crippen molar-refractivity contribution in [2.75, 3.05) is 38.7 Å². The molecule has 1 fully saturated rings. The fourth-order valence-electron chi connectivity index (χ4n) is 5.69. The van der Waals surface area contributed by atoms with Crippen molar-refractivity contribution in [1.29, 1.82) is 0 Å². The van der Waals surface area contributed by atoms with E-state index in [2.05, 4.69) is 59.2 Å². The molecule has 2 aliphatic carbocycles. The Bertz CT molecular complexity index is 1170. The number of phenols is 1. The Morgan fingerprint density at radius 2 is 1.74 bits per heavy atom. The van der Waals surface area contributed by atoms with E-state index in [9.17, 15) is 5.11 Å². The van der Waals surface area contributed by atoms with Crippen molar-refractivity contribution in [2.45, 2.75) is 57.3 Å². The number of hydrogen-bond donors (Lipinski definition) is 3. The minimum Gasteiger partial charge on any atom is -0.508 e. The largest absolute Gasteiger partial charge is 0.508 e. The molecule has 38 heavy (non-hydrogen) atoms. The van der Waals surface area contributed by atoms with Crippen molar-refractivity contribution >= 4 is 5.69 Å². The number of nitrogens with one attached hydrogen (secondary N) is 2. The Labute approximate surface area is 227 Å². The predicted molar refractivity (Wildman–Crippen MR) is 155 cm³/mol. The molecule has 0 amide bonds. The molecular weight excluding hydrogens is 472 g/mol. The van der Waals surface area contributed by atoms with E-state index < -0.39 is 0 Å². The lowest BCUT2D eigenvalue weighted by Gasteiger charge is -2.27. The molecule has 3 aromatic carbocycles. The van der Waals surface area contributed by atoms with Crippen molar-refractivity contribution < 1.29 is 14.6 Å². The van der Waals surface area contributed by atoms with Gasteiger partial charge in [0.15, 0.2) is 0 Å². The van der Waals surface area contributed by atoms with Gasteiger partial charge in [0.25, 0.3) is 0 Å². The summed E-state index contributed by atoms with van der Waals surface area (Å²) >= 11 is 0. The van der Waals surface area contributed by atoms with Crippen molar-refractivity contribution in [3.8, 4) is 17.2 Å². The van der Waals surface area contributed by atoms with Gasteiger partial charge in [-0.15, -0.1) is 0 Å².